The molecule has 0 N–H and O–H groups in total. The number of ether oxygens (including phenoxy) is 1. The first-order chi connectivity index (χ1) is 8.61. The van der Waals surface area contributed by atoms with E-state index in [1.54, 1.807) is 0 Å². The highest BCUT2D eigenvalue weighted by atomic mass is 19.1. The summed E-state index contributed by atoms with van der Waals surface area (Å²) in [5.74, 6) is -1.32. The van der Waals surface area contributed by atoms with Gasteiger partial charge >= 0.3 is 0 Å². The molecule has 2 aromatic carbocycles. The second-order valence-corrected chi connectivity index (χ2v) is 3.69. The second-order valence-electron chi connectivity index (χ2n) is 3.69. The quantitative estimate of drug-likeness (QED) is 0.780. The average Bonchev–Trinajstić information content (AvgIpc) is 2.38. The van der Waals surface area contributed by atoms with Gasteiger partial charge in [-0.15, -0.1) is 0 Å². The molecule has 0 fully saturated rings. The minimum atomic E-state index is -0.606. The highest BCUT2D eigenvalue weighted by molar-refractivity contribution is 6.09. The first-order valence-corrected chi connectivity index (χ1v) is 5.25. The number of halogens is 2. The average molecular weight is 248 g/mol. The summed E-state index contributed by atoms with van der Waals surface area (Å²) in [6.45, 7) is 0. The van der Waals surface area contributed by atoms with E-state index in [1.165, 1.54) is 43.5 Å². The maximum absolute atomic E-state index is 13.5. The normalized spacial score (nSPS) is 10.2. The van der Waals surface area contributed by atoms with E-state index in [0.717, 1.165) is 6.07 Å². The third-order valence-corrected chi connectivity index (χ3v) is 2.52. The summed E-state index contributed by atoms with van der Waals surface area (Å²) in [6.07, 6.45) is 0. The predicted octanol–water partition coefficient (Wildman–Crippen LogP) is 3.20. The molecule has 0 bridgehead atoms. The highest BCUT2D eigenvalue weighted by Crippen LogP contribution is 2.19. The molecule has 0 heterocycles. The van der Waals surface area contributed by atoms with Gasteiger partial charge in [0.25, 0.3) is 0 Å². The minimum absolute atomic E-state index is 0.0747. The van der Waals surface area contributed by atoms with E-state index in [1.807, 2.05) is 0 Å². The van der Waals surface area contributed by atoms with Crippen LogP contribution in [-0.2, 0) is 0 Å². The van der Waals surface area contributed by atoms with Crippen LogP contribution in [0.3, 0.4) is 0 Å². The van der Waals surface area contributed by atoms with E-state index in [-0.39, 0.29) is 17.1 Å². The van der Waals surface area contributed by atoms with Crippen molar-refractivity contribution in [3.63, 3.8) is 0 Å². The van der Waals surface area contributed by atoms with Gasteiger partial charge in [-0.1, -0.05) is 0 Å². The van der Waals surface area contributed by atoms with Crippen LogP contribution in [0.15, 0.2) is 42.5 Å². The van der Waals surface area contributed by atoms with Crippen LogP contribution in [0.25, 0.3) is 0 Å². The van der Waals surface area contributed by atoms with Crippen molar-refractivity contribution in [1.82, 2.24) is 0 Å². The molecule has 0 radical (unpaired) electrons. The molecule has 4 heteroatoms. The Hall–Kier alpha value is -2.23. The summed E-state index contributed by atoms with van der Waals surface area (Å²) in [5.41, 5.74) is 0.501. The molecule has 0 spiro atoms. The van der Waals surface area contributed by atoms with Gasteiger partial charge in [-0.05, 0) is 42.5 Å². The topological polar surface area (TPSA) is 26.3 Å². The van der Waals surface area contributed by atoms with Gasteiger partial charge in [-0.25, -0.2) is 8.78 Å². The second kappa shape index (κ2) is 4.96. The van der Waals surface area contributed by atoms with Crippen LogP contribution in [-0.4, -0.2) is 12.9 Å². The first kappa shape index (κ1) is 12.2. The molecule has 2 nitrogen and oxygen atoms in total. The summed E-state index contributed by atoms with van der Waals surface area (Å²) < 4.78 is 30.9. The fourth-order valence-corrected chi connectivity index (χ4v) is 1.58. The largest absolute Gasteiger partial charge is 0.494 e. The van der Waals surface area contributed by atoms with Gasteiger partial charge < -0.3 is 4.74 Å². The van der Waals surface area contributed by atoms with E-state index >= 15 is 0 Å². The number of carbonyl (C=O) groups is 1. The Morgan fingerprint density at radius 1 is 1.00 bits per heavy atom. The number of rotatable bonds is 3. The highest BCUT2D eigenvalue weighted by Gasteiger charge is 2.12. The number of hydrogen-bond donors (Lipinski definition) is 0. The number of methoxy groups -OCH3 is 1. The predicted molar refractivity (Wildman–Crippen MR) is 62.8 cm³/mol. The fourth-order valence-electron chi connectivity index (χ4n) is 1.58. The standard InChI is InChI=1S/C14H10F2O2/c1-18-13-7-4-10(8-12(13)16)14(17)9-2-5-11(15)6-3-9/h2-8H,1H3. The lowest BCUT2D eigenvalue weighted by Gasteiger charge is -2.04. The smallest absolute Gasteiger partial charge is 0.193 e. The van der Waals surface area contributed by atoms with Crippen LogP contribution in [0.4, 0.5) is 8.78 Å². The number of benzene rings is 2. The van der Waals surface area contributed by atoms with Crippen LogP contribution in [0.1, 0.15) is 15.9 Å². The van der Waals surface area contributed by atoms with E-state index in [2.05, 4.69) is 0 Å². The van der Waals surface area contributed by atoms with Gasteiger partial charge in [0.2, 0.25) is 0 Å². The molecular weight excluding hydrogens is 238 g/mol. The molecule has 2 aromatic rings. The van der Waals surface area contributed by atoms with E-state index in [9.17, 15) is 13.6 Å². The van der Waals surface area contributed by atoms with Crippen molar-refractivity contribution in [2.45, 2.75) is 0 Å². The van der Waals surface area contributed by atoms with Crippen molar-refractivity contribution in [3.8, 4) is 5.75 Å². The summed E-state index contributed by atoms with van der Waals surface area (Å²) in [7, 11) is 1.35. The summed E-state index contributed by atoms with van der Waals surface area (Å²) >= 11 is 0. The lowest BCUT2D eigenvalue weighted by molar-refractivity contribution is 0.103. The zero-order valence-corrected chi connectivity index (χ0v) is 9.61. The third kappa shape index (κ3) is 2.37. The Balaban J connectivity index is 2.34. The number of ketones is 1. The Morgan fingerprint density at radius 2 is 1.61 bits per heavy atom. The maximum atomic E-state index is 13.5. The van der Waals surface area contributed by atoms with Gasteiger partial charge in [-0.3, -0.25) is 4.79 Å². The first-order valence-electron chi connectivity index (χ1n) is 5.25. The minimum Gasteiger partial charge on any atom is -0.494 e. The molecule has 0 saturated carbocycles. The Morgan fingerprint density at radius 3 is 2.17 bits per heavy atom. The van der Waals surface area contributed by atoms with Crippen LogP contribution in [0, 0.1) is 11.6 Å². The Kier molecular flexibility index (Phi) is 3.37. The van der Waals surface area contributed by atoms with Crippen LogP contribution in [0.2, 0.25) is 0 Å². The summed E-state index contributed by atoms with van der Waals surface area (Å²) in [4.78, 5) is 12.0. The Labute approximate surface area is 103 Å². The SMILES string of the molecule is COc1ccc(C(=O)c2ccc(F)cc2)cc1F. The molecule has 0 unspecified atom stereocenters. The van der Waals surface area contributed by atoms with Gasteiger partial charge in [0.05, 0.1) is 7.11 Å². The molecule has 92 valence electrons. The Bertz CT molecular complexity index is 577. The van der Waals surface area contributed by atoms with Crippen molar-refractivity contribution in [2.75, 3.05) is 7.11 Å². The molecule has 0 aliphatic heterocycles. The van der Waals surface area contributed by atoms with Crippen molar-refractivity contribution < 1.29 is 18.3 Å². The lowest BCUT2D eigenvalue weighted by Crippen LogP contribution is -2.02. The molecular formula is C14H10F2O2. The molecule has 0 amide bonds. The van der Waals surface area contributed by atoms with Gasteiger partial charge in [0.15, 0.2) is 17.3 Å². The number of carbonyl (C=O) groups excluding carboxylic acids is 1. The molecule has 0 saturated heterocycles. The zero-order chi connectivity index (χ0) is 13.1. The molecule has 0 atom stereocenters. The van der Waals surface area contributed by atoms with Crippen molar-refractivity contribution >= 4 is 5.78 Å². The van der Waals surface area contributed by atoms with Crippen LogP contribution in [0.5, 0.6) is 5.75 Å². The molecule has 0 aliphatic carbocycles. The van der Waals surface area contributed by atoms with Crippen molar-refractivity contribution in [3.05, 3.63) is 65.2 Å². The van der Waals surface area contributed by atoms with E-state index in [4.69, 9.17) is 4.74 Å². The van der Waals surface area contributed by atoms with E-state index in [0.29, 0.717) is 5.56 Å². The maximum Gasteiger partial charge on any atom is 0.193 e. The monoisotopic (exact) mass is 248 g/mol. The third-order valence-electron chi connectivity index (χ3n) is 2.52. The molecule has 2 rings (SSSR count). The number of hydrogen-bond acceptors (Lipinski definition) is 2. The zero-order valence-electron chi connectivity index (χ0n) is 9.61. The lowest BCUT2D eigenvalue weighted by atomic mass is 10.0. The van der Waals surface area contributed by atoms with Gasteiger partial charge in [0, 0.05) is 11.1 Å². The summed E-state index contributed by atoms with van der Waals surface area (Å²) in [6, 6.07) is 9.05. The molecule has 0 aromatic heterocycles. The van der Waals surface area contributed by atoms with Crippen molar-refractivity contribution in [2.24, 2.45) is 0 Å². The summed E-state index contributed by atoms with van der Waals surface area (Å²) in [5, 5.41) is 0. The molecule has 18 heavy (non-hydrogen) atoms. The van der Waals surface area contributed by atoms with E-state index < -0.39 is 11.6 Å². The van der Waals surface area contributed by atoms with Crippen LogP contribution >= 0.6 is 0 Å². The van der Waals surface area contributed by atoms with Crippen LogP contribution < -0.4 is 4.74 Å². The fraction of sp³-hybridized carbons (Fsp3) is 0.0714. The van der Waals surface area contributed by atoms with Gasteiger partial charge in [0.1, 0.15) is 5.82 Å². The van der Waals surface area contributed by atoms with Gasteiger partial charge in [-0.2, -0.15) is 0 Å². The van der Waals surface area contributed by atoms with Crippen molar-refractivity contribution in [1.29, 1.82) is 0 Å². The molecule has 0 aliphatic rings.